The maximum Gasteiger partial charge on any atom is 0.270 e. The third-order valence-corrected chi connectivity index (χ3v) is 5.39. The lowest BCUT2D eigenvalue weighted by atomic mass is 10.1. The van der Waals surface area contributed by atoms with Gasteiger partial charge in [0.1, 0.15) is 11.5 Å². The zero-order chi connectivity index (χ0) is 19.6. The third-order valence-electron chi connectivity index (χ3n) is 4.09. The van der Waals surface area contributed by atoms with Gasteiger partial charge in [0.05, 0.1) is 24.8 Å². The van der Waals surface area contributed by atoms with Crippen LogP contribution in [0.4, 0.5) is 11.4 Å². The molecule has 0 bridgehead atoms. The van der Waals surface area contributed by atoms with Crippen molar-refractivity contribution < 1.29 is 14.3 Å². The van der Waals surface area contributed by atoms with Gasteiger partial charge in [-0.05, 0) is 48.0 Å². The summed E-state index contributed by atoms with van der Waals surface area (Å²) < 4.78 is 11.1. The largest absolute Gasteiger partial charge is 0.497 e. The zero-order valence-corrected chi connectivity index (χ0v) is 17.2. The molecular formula is C20H20N2O3S2. The Morgan fingerprint density at radius 3 is 2.15 bits per heavy atom. The van der Waals surface area contributed by atoms with Crippen LogP contribution in [0.1, 0.15) is 5.56 Å². The van der Waals surface area contributed by atoms with Gasteiger partial charge in [0, 0.05) is 25.8 Å². The highest BCUT2D eigenvalue weighted by Crippen LogP contribution is 2.37. The second-order valence-electron chi connectivity index (χ2n) is 6.07. The molecule has 0 radical (unpaired) electrons. The van der Waals surface area contributed by atoms with Crippen molar-refractivity contribution in [2.24, 2.45) is 0 Å². The van der Waals surface area contributed by atoms with Crippen LogP contribution in [0.5, 0.6) is 11.5 Å². The van der Waals surface area contributed by atoms with E-state index in [1.54, 1.807) is 31.3 Å². The van der Waals surface area contributed by atoms with E-state index in [9.17, 15) is 4.79 Å². The number of methoxy groups -OCH3 is 2. The van der Waals surface area contributed by atoms with Crippen molar-refractivity contribution in [3.05, 3.63) is 52.9 Å². The van der Waals surface area contributed by atoms with Gasteiger partial charge < -0.3 is 14.4 Å². The first-order valence-electron chi connectivity index (χ1n) is 8.21. The first kappa shape index (κ1) is 19.3. The van der Waals surface area contributed by atoms with Gasteiger partial charge in [0.15, 0.2) is 4.32 Å². The van der Waals surface area contributed by atoms with Gasteiger partial charge in [-0.15, -0.1) is 0 Å². The Bertz CT molecular complexity index is 886. The number of ether oxygens (including phenoxy) is 2. The normalized spacial score (nSPS) is 15.4. The lowest BCUT2D eigenvalue weighted by Crippen LogP contribution is -2.27. The Labute approximate surface area is 168 Å². The number of anilines is 2. The molecule has 7 heteroatoms. The van der Waals surface area contributed by atoms with Gasteiger partial charge in [0.25, 0.3) is 5.91 Å². The molecule has 140 valence electrons. The first-order valence-corrected chi connectivity index (χ1v) is 9.44. The zero-order valence-electron chi connectivity index (χ0n) is 15.6. The van der Waals surface area contributed by atoms with E-state index >= 15 is 0 Å². The minimum Gasteiger partial charge on any atom is -0.497 e. The molecule has 1 aliphatic rings. The molecule has 0 atom stereocenters. The molecule has 2 aromatic carbocycles. The number of benzene rings is 2. The van der Waals surface area contributed by atoms with Gasteiger partial charge in [-0.25, -0.2) is 0 Å². The molecule has 0 aromatic heterocycles. The second-order valence-corrected chi connectivity index (χ2v) is 7.75. The van der Waals surface area contributed by atoms with Crippen molar-refractivity contribution in [3.8, 4) is 11.5 Å². The Morgan fingerprint density at radius 2 is 1.63 bits per heavy atom. The Balaban J connectivity index is 1.90. The summed E-state index contributed by atoms with van der Waals surface area (Å²) in [5.41, 5.74) is 2.63. The topological polar surface area (TPSA) is 42.0 Å². The van der Waals surface area contributed by atoms with Crippen molar-refractivity contribution in [2.75, 3.05) is 38.1 Å². The SMILES string of the molecule is COc1cc(/C=C2\SC(=S)N(c3ccc(N(C)C)cc3)C2=O)cc(OC)c1. The number of hydrogen-bond acceptors (Lipinski definition) is 6. The van der Waals surface area contributed by atoms with Crippen LogP contribution in [0.15, 0.2) is 47.4 Å². The van der Waals surface area contributed by atoms with Crippen molar-refractivity contribution in [1.29, 1.82) is 0 Å². The van der Waals surface area contributed by atoms with E-state index in [2.05, 4.69) is 0 Å². The lowest BCUT2D eigenvalue weighted by Gasteiger charge is -2.17. The summed E-state index contributed by atoms with van der Waals surface area (Å²) >= 11 is 6.73. The molecule has 3 rings (SSSR count). The molecule has 5 nitrogen and oxygen atoms in total. The van der Waals surface area contributed by atoms with Crippen molar-refractivity contribution in [1.82, 2.24) is 0 Å². The lowest BCUT2D eigenvalue weighted by molar-refractivity contribution is -0.113. The monoisotopic (exact) mass is 400 g/mol. The molecule has 27 heavy (non-hydrogen) atoms. The molecule has 1 amide bonds. The van der Waals surface area contributed by atoms with E-state index in [0.29, 0.717) is 20.7 Å². The van der Waals surface area contributed by atoms with Crippen molar-refractivity contribution in [2.45, 2.75) is 0 Å². The number of thiocarbonyl (C=S) groups is 1. The van der Waals surface area contributed by atoms with E-state index in [0.717, 1.165) is 16.9 Å². The Morgan fingerprint density at radius 1 is 1.04 bits per heavy atom. The van der Waals surface area contributed by atoms with Gasteiger partial charge >= 0.3 is 0 Å². The number of carbonyl (C=O) groups excluding carboxylic acids is 1. The van der Waals surface area contributed by atoms with E-state index in [-0.39, 0.29) is 5.91 Å². The van der Waals surface area contributed by atoms with Crippen LogP contribution in [0.25, 0.3) is 6.08 Å². The maximum absolute atomic E-state index is 12.9. The second kappa shape index (κ2) is 8.02. The maximum atomic E-state index is 12.9. The summed E-state index contributed by atoms with van der Waals surface area (Å²) in [6.45, 7) is 0. The van der Waals surface area contributed by atoms with E-state index < -0.39 is 0 Å². The van der Waals surface area contributed by atoms with Gasteiger partial charge in [-0.1, -0.05) is 24.0 Å². The molecule has 0 N–H and O–H groups in total. The minimum absolute atomic E-state index is 0.135. The van der Waals surface area contributed by atoms with Crippen molar-refractivity contribution >= 4 is 51.7 Å². The molecular weight excluding hydrogens is 380 g/mol. The van der Waals surface area contributed by atoms with E-state index in [1.165, 1.54) is 11.8 Å². The third kappa shape index (κ3) is 4.09. The number of carbonyl (C=O) groups is 1. The van der Waals surface area contributed by atoms with Crippen LogP contribution in [-0.4, -0.2) is 38.5 Å². The number of thioether (sulfide) groups is 1. The average molecular weight is 401 g/mol. The molecule has 2 aromatic rings. The summed E-state index contributed by atoms with van der Waals surface area (Å²) in [5, 5.41) is 0. The summed E-state index contributed by atoms with van der Waals surface area (Å²) in [6, 6.07) is 13.2. The first-order chi connectivity index (χ1) is 12.9. The van der Waals surface area contributed by atoms with Gasteiger partial charge in [-0.2, -0.15) is 0 Å². The molecule has 1 aliphatic heterocycles. The highest BCUT2D eigenvalue weighted by atomic mass is 32.2. The smallest absolute Gasteiger partial charge is 0.270 e. The fourth-order valence-electron chi connectivity index (χ4n) is 2.65. The number of amides is 1. The minimum atomic E-state index is -0.135. The fraction of sp³-hybridized carbons (Fsp3) is 0.200. The van der Waals surface area contributed by atoms with Crippen LogP contribution in [0.3, 0.4) is 0 Å². The Hall–Kier alpha value is -2.51. The molecule has 1 fully saturated rings. The summed E-state index contributed by atoms with van der Waals surface area (Å²) in [7, 11) is 7.13. The predicted octanol–water partition coefficient (Wildman–Crippen LogP) is 4.18. The number of nitrogens with zero attached hydrogens (tertiary/aromatic N) is 2. The van der Waals surface area contributed by atoms with Crippen LogP contribution < -0.4 is 19.3 Å². The molecule has 0 aliphatic carbocycles. The van der Waals surface area contributed by atoms with E-state index in [4.69, 9.17) is 21.7 Å². The Kier molecular flexibility index (Phi) is 5.72. The van der Waals surface area contributed by atoms with Gasteiger partial charge in [0.2, 0.25) is 0 Å². The van der Waals surface area contributed by atoms with Crippen molar-refractivity contribution in [3.63, 3.8) is 0 Å². The molecule has 1 heterocycles. The van der Waals surface area contributed by atoms with E-state index in [1.807, 2.05) is 55.4 Å². The highest BCUT2D eigenvalue weighted by Gasteiger charge is 2.33. The summed E-state index contributed by atoms with van der Waals surface area (Å²) in [4.78, 5) is 17.0. The summed E-state index contributed by atoms with van der Waals surface area (Å²) in [6.07, 6.45) is 1.80. The summed E-state index contributed by atoms with van der Waals surface area (Å²) in [5.74, 6) is 1.19. The fourth-order valence-corrected chi connectivity index (χ4v) is 3.95. The van der Waals surface area contributed by atoms with Crippen LogP contribution in [-0.2, 0) is 4.79 Å². The average Bonchev–Trinajstić information content (AvgIpc) is 2.94. The number of hydrogen-bond donors (Lipinski definition) is 0. The standard InChI is InChI=1S/C20H20N2O3S2/c1-21(2)14-5-7-15(8-6-14)22-19(23)18(27-20(22)26)11-13-9-16(24-3)12-17(10-13)25-4/h5-12H,1-4H3/b18-11-. The van der Waals surface area contributed by atoms with Crippen LogP contribution in [0, 0.1) is 0 Å². The molecule has 0 spiro atoms. The molecule has 1 saturated heterocycles. The predicted molar refractivity (Wildman–Crippen MR) is 116 cm³/mol. The molecule has 0 unspecified atom stereocenters. The van der Waals surface area contributed by atoms with Crippen LogP contribution >= 0.6 is 24.0 Å². The number of rotatable bonds is 5. The quantitative estimate of drug-likeness (QED) is 0.554. The molecule has 0 saturated carbocycles. The highest BCUT2D eigenvalue weighted by molar-refractivity contribution is 8.27. The van der Waals surface area contributed by atoms with Crippen LogP contribution in [0.2, 0.25) is 0 Å². The van der Waals surface area contributed by atoms with Gasteiger partial charge in [-0.3, -0.25) is 9.69 Å².